The maximum absolute atomic E-state index is 12.3. The maximum atomic E-state index is 12.3. The molecule has 0 aromatic rings. The van der Waals surface area contributed by atoms with E-state index in [1.165, 1.54) is 0 Å². The van der Waals surface area contributed by atoms with Gasteiger partial charge in [-0.15, -0.1) is 0 Å². The fourth-order valence-corrected chi connectivity index (χ4v) is 3.55. The first-order chi connectivity index (χ1) is 8.94. The first kappa shape index (κ1) is 15.1. The molecular formula is C13H23F3N2O. The second-order valence-corrected chi connectivity index (χ2v) is 5.92. The summed E-state index contributed by atoms with van der Waals surface area (Å²) in [7, 11) is 0. The molecule has 0 amide bonds. The lowest BCUT2D eigenvalue weighted by Crippen LogP contribution is -2.48. The summed E-state index contributed by atoms with van der Waals surface area (Å²) in [4.78, 5) is 0. The van der Waals surface area contributed by atoms with Crippen LogP contribution in [-0.4, -0.2) is 24.4 Å². The zero-order chi connectivity index (χ0) is 13.9. The fourth-order valence-electron chi connectivity index (χ4n) is 3.55. The van der Waals surface area contributed by atoms with Crippen molar-refractivity contribution in [1.29, 1.82) is 0 Å². The Hall–Kier alpha value is -0.330. The van der Waals surface area contributed by atoms with Crippen LogP contribution in [0.5, 0.6) is 0 Å². The van der Waals surface area contributed by atoms with Crippen molar-refractivity contribution in [3.63, 3.8) is 0 Å². The second kappa shape index (κ2) is 5.97. The molecule has 0 aromatic carbocycles. The molecular weight excluding hydrogens is 257 g/mol. The van der Waals surface area contributed by atoms with Crippen LogP contribution in [-0.2, 0) is 4.74 Å². The van der Waals surface area contributed by atoms with Gasteiger partial charge in [0.05, 0.1) is 5.60 Å². The number of nitrogens with two attached hydrogens (primary N) is 1. The van der Waals surface area contributed by atoms with Crippen molar-refractivity contribution in [3.8, 4) is 0 Å². The van der Waals surface area contributed by atoms with Gasteiger partial charge in [-0.05, 0) is 38.0 Å². The van der Waals surface area contributed by atoms with Crippen LogP contribution in [0.3, 0.4) is 0 Å². The van der Waals surface area contributed by atoms with Gasteiger partial charge in [0.2, 0.25) is 0 Å². The van der Waals surface area contributed by atoms with E-state index in [0.717, 1.165) is 38.5 Å². The third-order valence-corrected chi connectivity index (χ3v) is 4.57. The molecule has 2 atom stereocenters. The molecule has 1 saturated heterocycles. The van der Waals surface area contributed by atoms with E-state index in [0.29, 0.717) is 6.61 Å². The van der Waals surface area contributed by atoms with Crippen molar-refractivity contribution in [1.82, 2.24) is 5.43 Å². The minimum atomic E-state index is -4.11. The highest BCUT2D eigenvalue weighted by Gasteiger charge is 2.42. The number of halogens is 3. The van der Waals surface area contributed by atoms with Crippen LogP contribution in [0.1, 0.15) is 51.4 Å². The molecule has 0 bridgehead atoms. The SMILES string of the molecule is NNC(CCC(F)(F)F)C1CCOC2(CCCC2)C1. The Morgan fingerprint density at radius 2 is 2.00 bits per heavy atom. The summed E-state index contributed by atoms with van der Waals surface area (Å²) in [6, 6.07) is -0.261. The third-order valence-electron chi connectivity index (χ3n) is 4.57. The van der Waals surface area contributed by atoms with E-state index in [2.05, 4.69) is 5.43 Å². The predicted octanol–water partition coefficient (Wildman–Crippen LogP) is 2.90. The summed E-state index contributed by atoms with van der Waals surface area (Å²) in [6.07, 6.45) is 1.23. The molecule has 112 valence electrons. The van der Waals surface area contributed by atoms with Gasteiger partial charge in [-0.1, -0.05) is 12.8 Å². The Balaban J connectivity index is 1.90. The van der Waals surface area contributed by atoms with Crippen LogP contribution in [0, 0.1) is 5.92 Å². The minimum Gasteiger partial charge on any atom is -0.375 e. The van der Waals surface area contributed by atoms with E-state index in [1.807, 2.05) is 0 Å². The number of rotatable bonds is 4. The van der Waals surface area contributed by atoms with Crippen molar-refractivity contribution in [2.45, 2.75) is 69.2 Å². The van der Waals surface area contributed by atoms with Crippen LogP contribution in [0.25, 0.3) is 0 Å². The summed E-state index contributed by atoms with van der Waals surface area (Å²) in [5.41, 5.74) is 2.52. The molecule has 0 radical (unpaired) electrons. The summed E-state index contributed by atoms with van der Waals surface area (Å²) in [6.45, 7) is 0.648. The van der Waals surface area contributed by atoms with Crippen molar-refractivity contribution < 1.29 is 17.9 Å². The lowest BCUT2D eigenvalue weighted by atomic mass is 9.79. The first-order valence-electron chi connectivity index (χ1n) is 7.11. The molecule has 3 nitrogen and oxygen atoms in total. The number of hydrogen-bond donors (Lipinski definition) is 2. The van der Waals surface area contributed by atoms with Gasteiger partial charge in [0.1, 0.15) is 0 Å². The van der Waals surface area contributed by atoms with Gasteiger partial charge in [-0.25, -0.2) is 0 Å². The molecule has 2 aliphatic rings. The van der Waals surface area contributed by atoms with Gasteiger partial charge in [0.15, 0.2) is 0 Å². The molecule has 1 aliphatic heterocycles. The summed E-state index contributed by atoms with van der Waals surface area (Å²) in [5.74, 6) is 5.66. The molecule has 0 aromatic heterocycles. The van der Waals surface area contributed by atoms with Gasteiger partial charge in [0, 0.05) is 19.1 Å². The molecule has 3 N–H and O–H groups in total. The monoisotopic (exact) mass is 280 g/mol. The lowest BCUT2D eigenvalue weighted by molar-refractivity contribution is -0.139. The standard InChI is InChI=1S/C13H23F3N2O/c14-13(15,16)7-3-11(18-17)10-4-8-19-12(9-10)5-1-2-6-12/h10-11,18H,1-9,17H2. The Morgan fingerprint density at radius 1 is 1.32 bits per heavy atom. The molecule has 2 fully saturated rings. The number of alkyl halides is 3. The van der Waals surface area contributed by atoms with E-state index >= 15 is 0 Å². The van der Waals surface area contributed by atoms with Gasteiger partial charge in [0.25, 0.3) is 0 Å². The van der Waals surface area contributed by atoms with Crippen LogP contribution in [0.2, 0.25) is 0 Å². The molecule has 19 heavy (non-hydrogen) atoms. The highest BCUT2D eigenvalue weighted by atomic mass is 19.4. The van der Waals surface area contributed by atoms with Gasteiger partial charge in [-0.2, -0.15) is 13.2 Å². The summed E-state index contributed by atoms with van der Waals surface area (Å²) >= 11 is 0. The quantitative estimate of drug-likeness (QED) is 0.615. The van der Waals surface area contributed by atoms with Crippen molar-refractivity contribution in [3.05, 3.63) is 0 Å². The van der Waals surface area contributed by atoms with Crippen molar-refractivity contribution >= 4 is 0 Å². The number of hydrogen-bond acceptors (Lipinski definition) is 3. The number of hydrazine groups is 1. The van der Waals surface area contributed by atoms with Gasteiger partial charge < -0.3 is 4.74 Å². The highest BCUT2D eigenvalue weighted by molar-refractivity contribution is 4.94. The molecule has 2 unspecified atom stereocenters. The second-order valence-electron chi connectivity index (χ2n) is 5.92. The molecule has 1 aliphatic carbocycles. The smallest absolute Gasteiger partial charge is 0.375 e. The van der Waals surface area contributed by atoms with Crippen LogP contribution >= 0.6 is 0 Å². The average Bonchev–Trinajstić information content (AvgIpc) is 2.77. The molecule has 2 rings (SSSR count). The Labute approximate surface area is 112 Å². The third kappa shape index (κ3) is 4.07. The van der Waals surface area contributed by atoms with E-state index in [4.69, 9.17) is 10.6 Å². The van der Waals surface area contributed by atoms with E-state index in [1.54, 1.807) is 0 Å². The van der Waals surface area contributed by atoms with Crippen LogP contribution in [0.4, 0.5) is 13.2 Å². The molecule has 1 saturated carbocycles. The van der Waals surface area contributed by atoms with Crippen LogP contribution < -0.4 is 11.3 Å². The summed E-state index contributed by atoms with van der Waals surface area (Å²) < 4.78 is 42.9. The number of ether oxygens (including phenoxy) is 1. The zero-order valence-corrected chi connectivity index (χ0v) is 11.1. The highest BCUT2D eigenvalue weighted by Crippen LogP contribution is 2.43. The minimum absolute atomic E-state index is 0.0563. The predicted molar refractivity (Wildman–Crippen MR) is 66.3 cm³/mol. The lowest BCUT2D eigenvalue weighted by Gasteiger charge is -2.41. The molecule has 1 heterocycles. The van der Waals surface area contributed by atoms with Crippen LogP contribution in [0.15, 0.2) is 0 Å². The van der Waals surface area contributed by atoms with E-state index < -0.39 is 12.6 Å². The van der Waals surface area contributed by atoms with Gasteiger partial charge in [-0.3, -0.25) is 11.3 Å². The normalized spacial score (nSPS) is 28.7. The summed E-state index contributed by atoms with van der Waals surface area (Å²) in [5, 5.41) is 0. The van der Waals surface area contributed by atoms with Crippen molar-refractivity contribution in [2.75, 3.05) is 6.61 Å². The van der Waals surface area contributed by atoms with Gasteiger partial charge >= 0.3 is 6.18 Å². The Bertz CT molecular complexity index is 290. The fraction of sp³-hybridized carbons (Fsp3) is 1.00. The molecule has 6 heteroatoms. The maximum Gasteiger partial charge on any atom is 0.389 e. The van der Waals surface area contributed by atoms with Crippen molar-refractivity contribution in [2.24, 2.45) is 11.8 Å². The Morgan fingerprint density at radius 3 is 2.58 bits per heavy atom. The first-order valence-corrected chi connectivity index (χ1v) is 7.11. The zero-order valence-electron chi connectivity index (χ0n) is 11.1. The molecule has 1 spiro atoms. The topological polar surface area (TPSA) is 47.3 Å². The number of nitrogens with one attached hydrogen (secondary N) is 1. The average molecular weight is 280 g/mol. The largest absolute Gasteiger partial charge is 0.389 e. The Kier molecular flexibility index (Phi) is 4.74. The van der Waals surface area contributed by atoms with E-state index in [9.17, 15) is 13.2 Å². The van der Waals surface area contributed by atoms with E-state index in [-0.39, 0.29) is 24.0 Å².